The Morgan fingerprint density at radius 2 is 2.42 bits per heavy atom. The van der Waals surface area contributed by atoms with Crippen LogP contribution in [0.25, 0.3) is 0 Å². The third-order valence-electron chi connectivity index (χ3n) is 3.75. The predicted octanol–water partition coefficient (Wildman–Crippen LogP) is 1.58. The first kappa shape index (κ1) is 14.8. The van der Waals surface area contributed by atoms with Crippen molar-refractivity contribution < 1.29 is 4.74 Å². The van der Waals surface area contributed by atoms with Crippen LogP contribution in [-0.2, 0) is 24.6 Å². The van der Waals surface area contributed by atoms with Crippen LogP contribution in [0.4, 0.5) is 0 Å². The van der Waals surface area contributed by atoms with Gasteiger partial charge in [0.15, 0.2) is 0 Å². The molecule has 0 aromatic carbocycles. The van der Waals surface area contributed by atoms with E-state index in [4.69, 9.17) is 22.2 Å². The molecule has 0 bridgehead atoms. The van der Waals surface area contributed by atoms with Crippen molar-refractivity contribution in [3.8, 4) is 0 Å². The molecule has 3 N–H and O–H groups in total. The molecule has 0 saturated carbocycles. The molecule has 2 heterocycles. The lowest BCUT2D eigenvalue weighted by Gasteiger charge is -2.19. The van der Waals surface area contributed by atoms with Crippen molar-refractivity contribution in [1.29, 1.82) is 0 Å². The van der Waals surface area contributed by atoms with Gasteiger partial charge in [-0.25, -0.2) is 0 Å². The molecule has 1 aromatic heterocycles. The van der Waals surface area contributed by atoms with Crippen LogP contribution < -0.4 is 11.3 Å². The highest BCUT2D eigenvalue weighted by Crippen LogP contribution is 2.24. The summed E-state index contributed by atoms with van der Waals surface area (Å²) in [5, 5.41) is 5.21. The Bertz CT molecular complexity index is 415. The molecule has 0 amide bonds. The van der Waals surface area contributed by atoms with Crippen LogP contribution in [0.1, 0.15) is 37.6 Å². The maximum Gasteiger partial charge on any atom is 0.0850 e. The van der Waals surface area contributed by atoms with E-state index < -0.39 is 0 Å². The Kier molecular flexibility index (Phi) is 5.21. The summed E-state index contributed by atoms with van der Waals surface area (Å²) in [5.74, 6) is 5.66. The predicted molar refractivity (Wildman–Crippen MR) is 76.0 cm³/mol. The van der Waals surface area contributed by atoms with Crippen LogP contribution in [-0.4, -0.2) is 28.5 Å². The number of nitrogens with one attached hydrogen (secondary N) is 1. The summed E-state index contributed by atoms with van der Waals surface area (Å²) in [6.45, 7) is 2.93. The number of aromatic nitrogens is 2. The smallest absolute Gasteiger partial charge is 0.0850 e. The second-order valence-corrected chi connectivity index (χ2v) is 5.50. The number of rotatable bonds is 6. The molecular weight excluding hydrogens is 264 g/mol. The third-order valence-corrected chi connectivity index (χ3v) is 4.19. The van der Waals surface area contributed by atoms with Crippen molar-refractivity contribution in [2.75, 3.05) is 6.61 Å². The van der Waals surface area contributed by atoms with Crippen molar-refractivity contribution in [2.24, 2.45) is 12.9 Å². The molecule has 1 fully saturated rings. The monoisotopic (exact) mass is 286 g/mol. The average Bonchev–Trinajstić information content (AvgIpc) is 3.00. The summed E-state index contributed by atoms with van der Waals surface area (Å²) in [7, 11) is 1.93. The lowest BCUT2D eigenvalue weighted by molar-refractivity contribution is 0.0944. The molecule has 1 aromatic rings. The number of hydrogen-bond acceptors (Lipinski definition) is 4. The second kappa shape index (κ2) is 6.70. The quantitative estimate of drug-likeness (QED) is 0.616. The summed E-state index contributed by atoms with van der Waals surface area (Å²) >= 11 is 6.36. The highest BCUT2D eigenvalue weighted by atomic mass is 35.5. The number of halogens is 1. The number of hydrogen-bond donors (Lipinski definition) is 2. The Morgan fingerprint density at radius 1 is 1.63 bits per heavy atom. The fourth-order valence-corrected chi connectivity index (χ4v) is 3.00. The maximum absolute atomic E-state index is 6.36. The summed E-state index contributed by atoms with van der Waals surface area (Å²) in [6.07, 6.45) is 5.13. The van der Waals surface area contributed by atoms with Gasteiger partial charge >= 0.3 is 0 Å². The molecule has 1 saturated heterocycles. The third kappa shape index (κ3) is 3.48. The number of hydrazine groups is 1. The van der Waals surface area contributed by atoms with E-state index in [0.29, 0.717) is 6.10 Å². The summed E-state index contributed by atoms with van der Waals surface area (Å²) < 4.78 is 7.52. The Balaban J connectivity index is 2.02. The summed E-state index contributed by atoms with van der Waals surface area (Å²) in [5.41, 5.74) is 4.87. The molecule has 2 atom stereocenters. The van der Waals surface area contributed by atoms with Crippen molar-refractivity contribution in [1.82, 2.24) is 15.2 Å². The van der Waals surface area contributed by atoms with Crippen molar-refractivity contribution >= 4 is 11.6 Å². The minimum atomic E-state index is 0.167. The van der Waals surface area contributed by atoms with Gasteiger partial charge in [0.05, 0.1) is 22.5 Å². The first-order chi connectivity index (χ1) is 9.15. The molecule has 6 heteroatoms. The number of ether oxygens (including phenoxy) is 1. The fourth-order valence-electron chi connectivity index (χ4n) is 2.63. The number of nitrogens with two attached hydrogens (primary N) is 1. The summed E-state index contributed by atoms with van der Waals surface area (Å²) in [6, 6.07) is 0.167. The summed E-state index contributed by atoms with van der Waals surface area (Å²) in [4.78, 5) is 0. The Morgan fingerprint density at radius 3 is 2.95 bits per heavy atom. The van der Waals surface area contributed by atoms with Crippen molar-refractivity contribution in [3.63, 3.8) is 0 Å². The van der Waals surface area contributed by atoms with Gasteiger partial charge < -0.3 is 4.74 Å². The van der Waals surface area contributed by atoms with Crippen LogP contribution in [0.2, 0.25) is 5.02 Å². The van der Waals surface area contributed by atoms with Gasteiger partial charge in [-0.1, -0.05) is 18.5 Å². The molecule has 1 aliphatic rings. The second-order valence-electron chi connectivity index (χ2n) is 5.12. The zero-order chi connectivity index (χ0) is 13.8. The van der Waals surface area contributed by atoms with E-state index in [0.717, 1.165) is 55.1 Å². The molecule has 19 heavy (non-hydrogen) atoms. The van der Waals surface area contributed by atoms with E-state index in [9.17, 15) is 0 Å². The Hall–Kier alpha value is -0.620. The van der Waals surface area contributed by atoms with E-state index in [1.54, 1.807) is 0 Å². The first-order valence-corrected chi connectivity index (χ1v) is 7.31. The van der Waals surface area contributed by atoms with Gasteiger partial charge in [0.1, 0.15) is 0 Å². The Labute approximate surface area is 119 Å². The van der Waals surface area contributed by atoms with Crippen LogP contribution in [0.15, 0.2) is 0 Å². The zero-order valence-electron chi connectivity index (χ0n) is 11.7. The van der Waals surface area contributed by atoms with E-state index in [1.165, 1.54) is 0 Å². The van der Waals surface area contributed by atoms with Crippen LogP contribution in [0, 0.1) is 0 Å². The fraction of sp³-hybridized carbons (Fsp3) is 0.769. The van der Waals surface area contributed by atoms with Gasteiger partial charge in [0, 0.05) is 26.1 Å². The minimum Gasteiger partial charge on any atom is -0.378 e. The molecular formula is C13H23ClN4O. The molecule has 2 unspecified atom stereocenters. The van der Waals surface area contributed by atoms with Crippen LogP contribution in [0.3, 0.4) is 0 Å². The highest BCUT2D eigenvalue weighted by Gasteiger charge is 2.23. The first-order valence-electron chi connectivity index (χ1n) is 6.93. The topological polar surface area (TPSA) is 65.1 Å². The zero-order valence-corrected chi connectivity index (χ0v) is 12.4. The largest absolute Gasteiger partial charge is 0.378 e. The van der Waals surface area contributed by atoms with Gasteiger partial charge in [-0.05, 0) is 25.7 Å². The van der Waals surface area contributed by atoms with Crippen LogP contribution >= 0.6 is 11.6 Å². The van der Waals surface area contributed by atoms with Gasteiger partial charge in [0.2, 0.25) is 0 Å². The minimum absolute atomic E-state index is 0.167. The maximum atomic E-state index is 6.36. The number of aryl methyl sites for hydroxylation is 2. The van der Waals surface area contributed by atoms with Crippen molar-refractivity contribution in [2.45, 2.75) is 51.2 Å². The van der Waals surface area contributed by atoms with E-state index >= 15 is 0 Å². The number of nitrogens with zero attached hydrogens (tertiary/aromatic N) is 2. The molecule has 2 rings (SSSR count). The van der Waals surface area contributed by atoms with E-state index in [1.807, 2.05) is 11.7 Å². The molecule has 0 radical (unpaired) electrons. The van der Waals surface area contributed by atoms with Gasteiger partial charge in [0.25, 0.3) is 0 Å². The average molecular weight is 287 g/mol. The van der Waals surface area contributed by atoms with Gasteiger partial charge in [-0.15, -0.1) is 0 Å². The van der Waals surface area contributed by atoms with Crippen LogP contribution in [0.5, 0.6) is 0 Å². The highest BCUT2D eigenvalue weighted by molar-refractivity contribution is 6.31. The standard InChI is InChI=1S/C13H23ClN4O/c1-3-11-13(14)12(18(2)17-11)8-9(16-15)7-10-5-4-6-19-10/h9-10,16H,3-8,15H2,1-2H3. The SMILES string of the molecule is CCc1nn(C)c(CC(CC2CCCO2)NN)c1Cl. The van der Waals surface area contributed by atoms with E-state index in [2.05, 4.69) is 17.4 Å². The molecule has 0 aliphatic carbocycles. The molecule has 5 nitrogen and oxygen atoms in total. The lowest BCUT2D eigenvalue weighted by Crippen LogP contribution is -2.39. The van der Waals surface area contributed by atoms with Gasteiger partial charge in [-0.3, -0.25) is 16.0 Å². The van der Waals surface area contributed by atoms with Crippen molar-refractivity contribution in [3.05, 3.63) is 16.4 Å². The lowest BCUT2D eigenvalue weighted by atomic mass is 10.0. The molecule has 108 valence electrons. The van der Waals surface area contributed by atoms with E-state index in [-0.39, 0.29) is 6.04 Å². The molecule has 1 aliphatic heterocycles. The van der Waals surface area contributed by atoms with Gasteiger partial charge in [-0.2, -0.15) is 5.10 Å². The molecule has 0 spiro atoms. The normalized spacial score (nSPS) is 20.9.